The van der Waals surface area contributed by atoms with Gasteiger partial charge >= 0.3 is 0 Å². The van der Waals surface area contributed by atoms with Crippen LogP contribution in [0.25, 0.3) is 0 Å². The molecule has 0 aliphatic heterocycles. The van der Waals surface area contributed by atoms with E-state index < -0.39 is 10.0 Å². The second-order valence-electron chi connectivity index (χ2n) is 2.59. The summed E-state index contributed by atoms with van der Waals surface area (Å²) in [5.74, 6) is 0. The number of hydrogen-bond acceptors (Lipinski definition) is 5. The van der Waals surface area contributed by atoms with Crippen LogP contribution < -0.4 is 5.73 Å². The Morgan fingerprint density at radius 3 is 2.71 bits per heavy atom. The zero-order chi connectivity index (χ0) is 10.2. The number of aromatic amines is 1. The van der Waals surface area contributed by atoms with Crippen molar-refractivity contribution in [2.75, 3.05) is 5.73 Å². The van der Waals surface area contributed by atoms with Crippen molar-refractivity contribution in [2.45, 2.75) is 4.90 Å². The number of nitrogens with one attached hydrogen (secondary N) is 1. The van der Waals surface area contributed by atoms with Crippen molar-refractivity contribution >= 4 is 15.7 Å². The molecule has 0 saturated carbocycles. The third-order valence-electron chi connectivity index (χ3n) is 1.60. The van der Waals surface area contributed by atoms with Crippen LogP contribution in [0.3, 0.4) is 0 Å². The van der Waals surface area contributed by atoms with Gasteiger partial charge in [0, 0.05) is 6.20 Å². The number of anilines is 1. The molecule has 0 saturated heterocycles. The second kappa shape index (κ2) is 2.84. The number of aromatic nitrogens is 4. The number of hydrogen-bond donors (Lipinski definition) is 2. The van der Waals surface area contributed by atoms with Gasteiger partial charge in [-0.3, -0.25) is 5.10 Å². The van der Waals surface area contributed by atoms with E-state index in [1.54, 1.807) is 0 Å². The highest BCUT2D eigenvalue weighted by Crippen LogP contribution is 2.11. The Bertz CT molecular complexity index is 526. The monoisotopic (exact) mass is 213 g/mol. The van der Waals surface area contributed by atoms with E-state index in [0.717, 1.165) is 4.09 Å². The topological polar surface area (TPSA) is 107 Å². The summed E-state index contributed by atoms with van der Waals surface area (Å²) < 4.78 is 24.2. The minimum Gasteiger partial charge on any atom is -0.396 e. The van der Waals surface area contributed by atoms with Gasteiger partial charge in [0.2, 0.25) is 0 Å². The van der Waals surface area contributed by atoms with Gasteiger partial charge in [-0.2, -0.15) is 22.7 Å². The molecule has 0 bridgehead atoms. The van der Waals surface area contributed by atoms with Gasteiger partial charge in [-0.05, 0) is 0 Å². The minimum absolute atomic E-state index is 0.0422. The predicted molar refractivity (Wildman–Crippen MR) is 47.8 cm³/mol. The summed E-state index contributed by atoms with van der Waals surface area (Å²) in [5.41, 5.74) is 5.65. The highest BCUT2D eigenvalue weighted by Gasteiger charge is 2.18. The highest BCUT2D eigenvalue weighted by molar-refractivity contribution is 7.89. The van der Waals surface area contributed by atoms with E-state index in [1.165, 1.54) is 24.8 Å². The summed E-state index contributed by atoms with van der Waals surface area (Å²) in [6, 6.07) is 0. The Kier molecular flexibility index (Phi) is 1.78. The summed E-state index contributed by atoms with van der Waals surface area (Å²) in [6.45, 7) is 0. The first-order valence-electron chi connectivity index (χ1n) is 3.65. The molecule has 0 fully saturated rings. The van der Waals surface area contributed by atoms with E-state index in [4.69, 9.17) is 5.73 Å². The molecule has 2 heterocycles. The first-order chi connectivity index (χ1) is 6.60. The fourth-order valence-corrected chi connectivity index (χ4v) is 1.97. The molecule has 0 radical (unpaired) electrons. The maximum absolute atomic E-state index is 11.7. The van der Waals surface area contributed by atoms with Gasteiger partial charge in [-0.15, -0.1) is 0 Å². The van der Waals surface area contributed by atoms with Crippen molar-refractivity contribution in [2.24, 2.45) is 0 Å². The quantitative estimate of drug-likeness (QED) is 0.694. The fraction of sp³-hybridized carbons (Fsp3) is 0. The number of nitrogen functional groups attached to an aromatic ring is 1. The van der Waals surface area contributed by atoms with Crippen LogP contribution in [0.2, 0.25) is 0 Å². The van der Waals surface area contributed by atoms with Gasteiger partial charge in [0.25, 0.3) is 10.0 Å². The summed E-state index contributed by atoms with van der Waals surface area (Å²) in [7, 11) is -3.64. The lowest BCUT2D eigenvalue weighted by Gasteiger charge is -1.98. The van der Waals surface area contributed by atoms with E-state index in [1.807, 2.05) is 0 Å². The molecule has 74 valence electrons. The van der Waals surface area contributed by atoms with Gasteiger partial charge in [-0.1, -0.05) is 0 Å². The van der Waals surface area contributed by atoms with E-state index in [2.05, 4.69) is 15.3 Å². The third-order valence-corrected chi connectivity index (χ3v) is 3.11. The third kappa shape index (κ3) is 1.25. The normalized spacial score (nSPS) is 11.7. The Morgan fingerprint density at radius 1 is 1.43 bits per heavy atom. The molecule has 2 rings (SSSR count). The van der Waals surface area contributed by atoms with Crippen LogP contribution in [0, 0.1) is 0 Å². The van der Waals surface area contributed by atoms with Crippen LogP contribution in [-0.2, 0) is 10.0 Å². The molecule has 0 spiro atoms. The molecule has 0 atom stereocenters. The second-order valence-corrected chi connectivity index (χ2v) is 4.38. The average Bonchev–Trinajstić information content (AvgIpc) is 2.72. The van der Waals surface area contributed by atoms with Gasteiger partial charge in [0.15, 0.2) is 0 Å². The Morgan fingerprint density at radius 2 is 2.21 bits per heavy atom. The van der Waals surface area contributed by atoms with Gasteiger partial charge in [-0.25, -0.2) is 0 Å². The fourth-order valence-electron chi connectivity index (χ4n) is 0.937. The Balaban J connectivity index is 2.54. The van der Waals surface area contributed by atoms with E-state index in [9.17, 15) is 8.42 Å². The molecule has 0 aliphatic carbocycles. The summed E-state index contributed by atoms with van der Waals surface area (Å²) in [5, 5.41) is 9.56. The van der Waals surface area contributed by atoms with Crippen LogP contribution in [0.15, 0.2) is 29.7 Å². The molecule has 7 nitrogen and oxygen atoms in total. The highest BCUT2D eigenvalue weighted by atomic mass is 32.2. The molecule has 0 unspecified atom stereocenters. The minimum atomic E-state index is -3.64. The predicted octanol–water partition coefficient (Wildman–Crippen LogP) is -0.575. The van der Waals surface area contributed by atoms with Gasteiger partial charge in [0.05, 0.1) is 24.3 Å². The molecule has 14 heavy (non-hydrogen) atoms. The summed E-state index contributed by atoms with van der Waals surface area (Å²) in [6.07, 6.45) is 4.96. The first-order valence-corrected chi connectivity index (χ1v) is 5.09. The van der Waals surface area contributed by atoms with Crippen LogP contribution >= 0.6 is 0 Å². The van der Waals surface area contributed by atoms with E-state index in [0.29, 0.717) is 0 Å². The molecule has 8 heteroatoms. The molecular weight excluding hydrogens is 206 g/mol. The first kappa shape index (κ1) is 8.75. The average molecular weight is 213 g/mol. The number of nitrogens with zero attached hydrogens (tertiary/aromatic N) is 3. The SMILES string of the molecule is Nc1cnn(S(=O)(=O)c2cn[nH]c2)c1. The molecule has 2 aromatic rings. The molecular formula is C6H7N5O2S. The van der Waals surface area contributed by atoms with Gasteiger partial charge in [0.1, 0.15) is 4.90 Å². The molecule has 3 N–H and O–H groups in total. The zero-order valence-electron chi connectivity index (χ0n) is 6.95. The van der Waals surface area contributed by atoms with Crippen LogP contribution in [-0.4, -0.2) is 27.8 Å². The Labute approximate surface area is 79.6 Å². The van der Waals surface area contributed by atoms with Crippen LogP contribution in [0.1, 0.15) is 0 Å². The van der Waals surface area contributed by atoms with Crippen molar-refractivity contribution in [3.05, 3.63) is 24.8 Å². The standard InChI is InChI=1S/C6H7N5O2S/c7-5-1-10-11(4-5)14(12,13)6-2-8-9-3-6/h1-4H,7H2,(H,8,9). The van der Waals surface area contributed by atoms with Crippen molar-refractivity contribution < 1.29 is 8.42 Å². The van der Waals surface area contributed by atoms with Crippen molar-refractivity contribution in [3.8, 4) is 0 Å². The summed E-state index contributed by atoms with van der Waals surface area (Å²) in [4.78, 5) is 0.0422. The van der Waals surface area contributed by atoms with Crippen molar-refractivity contribution in [1.29, 1.82) is 0 Å². The molecule has 0 amide bonds. The maximum Gasteiger partial charge on any atom is 0.286 e. The van der Waals surface area contributed by atoms with Crippen LogP contribution in [0.5, 0.6) is 0 Å². The van der Waals surface area contributed by atoms with Crippen molar-refractivity contribution in [3.63, 3.8) is 0 Å². The van der Waals surface area contributed by atoms with Crippen LogP contribution in [0.4, 0.5) is 5.69 Å². The molecule has 0 aliphatic rings. The molecule has 2 aromatic heterocycles. The number of H-pyrrole nitrogens is 1. The summed E-state index contributed by atoms with van der Waals surface area (Å²) >= 11 is 0. The zero-order valence-corrected chi connectivity index (χ0v) is 7.77. The largest absolute Gasteiger partial charge is 0.396 e. The van der Waals surface area contributed by atoms with E-state index >= 15 is 0 Å². The lowest BCUT2D eigenvalue weighted by atomic mass is 10.6. The molecule has 0 aromatic carbocycles. The number of rotatable bonds is 2. The van der Waals surface area contributed by atoms with Crippen molar-refractivity contribution in [1.82, 2.24) is 19.4 Å². The lowest BCUT2D eigenvalue weighted by Crippen LogP contribution is -2.12. The Hall–Kier alpha value is -1.83. The lowest BCUT2D eigenvalue weighted by molar-refractivity contribution is 0.580. The number of nitrogens with two attached hydrogens (primary N) is 1. The maximum atomic E-state index is 11.7. The van der Waals surface area contributed by atoms with E-state index in [-0.39, 0.29) is 10.6 Å². The van der Waals surface area contributed by atoms with Gasteiger partial charge < -0.3 is 5.73 Å². The smallest absolute Gasteiger partial charge is 0.286 e.